The third-order valence-corrected chi connectivity index (χ3v) is 2.19. The monoisotopic (exact) mass is 222 g/mol. The van der Waals surface area contributed by atoms with Crippen LogP contribution in [0.4, 0.5) is 0 Å². The first-order valence-electron chi connectivity index (χ1n) is 3.52. The van der Waals surface area contributed by atoms with Crippen LogP contribution in [0.2, 0.25) is 0 Å². The van der Waals surface area contributed by atoms with Crippen molar-refractivity contribution in [1.29, 1.82) is 0 Å². The van der Waals surface area contributed by atoms with E-state index in [1.807, 2.05) is 0 Å². The Bertz CT molecular complexity index is 352. The van der Waals surface area contributed by atoms with E-state index in [2.05, 4.69) is 5.32 Å². The second-order valence-electron chi connectivity index (χ2n) is 2.33. The second-order valence-corrected chi connectivity index (χ2v) is 3.64. The Morgan fingerprint density at radius 3 is 2.00 bits per heavy atom. The highest BCUT2D eigenvalue weighted by molar-refractivity contribution is 7.83. The number of nitrogens with zero attached hydrogens (tertiary/aromatic N) is 1. The van der Waals surface area contributed by atoms with E-state index >= 15 is 0 Å². The molecule has 0 saturated carbocycles. The molecule has 0 bridgehead atoms. The zero-order chi connectivity index (χ0) is 10.8. The Hall–Kier alpha value is -1.41. The van der Waals surface area contributed by atoms with Crippen LogP contribution in [0.15, 0.2) is 24.2 Å². The van der Waals surface area contributed by atoms with Crippen molar-refractivity contribution in [2.45, 2.75) is 0 Å². The third-order valence-electron chi connectivity index (χ3n) is 1.44. The second kappa shape index (κ2) is 3.76. The van der Waals surface area contributed by atoms with Crippen LogP contribution in [0.3, 0.4) is 0 Å². The smallest absolute Gasteiger partial charge is 0.363 e. The summed E-state index contributed by atoms with van der Waals surface area (Å²) >= 11 is 0. The lowest BCUT2D eigenvalue weighted by Crippen LogP contribution is -2.30. The quantitative estimate of drug-likeness (QED) is 0.631. The van der Waals surface area contributed by atoms with Gasteiger partial charge in [0.15, 0.2) is 0 Å². The van der Waals surface area contributed by atoms with Gasteiger partial charge in [0.25, 0.3) is 0 Å². The van der Waals surface area contributed by atoms with E-state index in [1.54, 1.807) is 0 Å². The van der Waals surface area contributed by atoms with E-state index in [0.717, 1.165) is 12.4 Å². The maximum atomic E-state index is 10.8. The molecule has 8 heteroatoms. The highest BCUT2D eigenvalue weighted by Crippen LogP contribution is 2.12. The molecular formula is C6H10N2O5S. The molecule has 0 aliphatic carbocycles. The van der Waals surface area contributed by atoms with Gasteiger partial charge in [-0.25, -0.2) is 4.31 Å². The molecule has 2 N–H and O–H groups in total. The fraction of sp³-hybridized carbons (Fsp3) is 0.333. The minimum atomic E-state index is -4.33. The van der Waals surface area contributed by atoms with Crippen LogP contribution in [-0.4, -0.2) is 31.5 Å². The SMILES string of the molecule is COC1=CN(S(=O)(=O)O)C=C(OC)N1. The van der Waals surface area contributed by atoms with E-state index in [1.165, 1.54) is 14.2 Å². The summed E-state index contributed by atoms with van der Waals surface area (Å²) in [6.45, 7) is 0. The van der Waals surface area contributed by atoms with Crippen molar-refractivity contribution in [3.8, 4) is 0 Å². The van der Waals surface area contributed by atoms with Crippen LogP contribution < -0.4 is 5.32 Å². The number of hydrogen-bond donors (Lipinski definition) is 2. The van der Waals surface area contributed by atoms with Gasteiger partial charge >= 0.3 is 10.3 Å². The molecule has 0 radical (unpaired) electrons. The topological polar surface area (TPSA) is 88.1 Å². The van der Waals surface area contributed by atoms with E-state index in [-0.39, 0.29) is 11.8 Å². The summed E-state index contributed by atoms with van der Waals surface area (Å²) in [5.74, 6) is 0.281. The summed E-state index contributed by atoms with van der Waals surface area (Å²) in [7, 11) is -1.64. The average Bonchev–Trinajstić information content (AvgIpc) is 2.15. The lowest BCUT2D eigenvalue weighted by Gasteiger charge is -2.21. The molecule has 0 aromatic carbocycles. The molecule has 1 aliphatic heterocycles. The van der Waals surface area contributed by atoms with Gasteiger partial charge in [-0.2, -0.15) is 8.42 Å². The Morgan fingerprint density at radius 2 is 1.71 bits per heavy atom. The number of hydrogen-bond acceptors (Lipinski definition) is 5. The van der Waals surface area contributed by atoms with E-state index in [9.17, 15) is 8.42 Å². The molecule has 14 heavy (non-hydrogen) atoms. The largest absolute Gasteiger partial charge is 0.481 e. The first kappa shape index (κ1) is 10.7. The van der Waals surface area contributed by atoms with Crippen molar-refractivity contribution in [2.24, 2.45) is 0 Å². The Morgan fingerprint density at radius 1 is 1.29 bits per heavy atom. The molecule has 0 amide bonds. The first-order valence-corrected chi connectivity index (χ1v) is 4.91. The van der Waals surface area contributed by atoms with Crippen molar-refractivity contribution in [1.82, 2.24) is 9.62 Å². The van der Waals surface area contributed by atoms with Crippen LogP contribution >= 0.6 is 0 Å². The van der Waals surface area contributed by atoms with Gasteiger partial charge in [0, 0.05) is 0 Å². The van der Waals surface area contributed by atoms with Gasteiger partial charge in [-0.05, 0) is 0 Å². The van der Waals surface area contributed by atoms with Crippen LogP contribution in [0.25, 0.3) is 0 Å². The molecule has 0 unspecified atom stereocenters. The number of rotatable bonds is 3. The van der Waals surface area contributed by atoms with Gasteiger partial charge in [0.2, 0.25) is 11.8 Å². The maximum absolute atomic E-state index is 10.8. The minimum Gasteiger partial charge on any atom is -0.481 e. The minimum absolute atomic E-state index is 0.141. The zero-order valence-electron chi connectivity index (χ0n) is 7.59. The zero-order valence-corrected chi connectivity index (χ0v) is 8.41. The van der Waals surface area contributed by atoms with Crippen molar-refractivity contribution < 1.29 is 22.4 Å². The highest BCUT2D eigenvalue weighted by Gasteiger charge is 2.20. The van der Waals surface area contributed by atoms with Crippen molar-refractivity contribution in [3.05, 3.63) is 24.2 Å². The molecule has 0 fully saturated rings. The Labute approximate surface area is 81.5 Å². The first-order chi connectivity index (χ1) is 6.47. The lowest BCUT2D eigenvalue weighted by molar-refractivity contribution is 0.201. The average molecular weight is 222 g/mol. The van der Waals surface area contributed by atoms with E-state index in [4.69, 9.17) is 14.0 Å². The molecule has 0 atom stereocenters. The Balaban J connectivity index is 2.99. The molecule has 0 aromatic rings. The molecule has 1 aliphatic rings. The third kappa shape index (κ3) is 2.30. The van der Waals surface area contributed by atoms with Crippen molar-refractivity contribution >= 4 is 10.3 Å². The number of methoxy groups -OCH3 is 2. The van der Waals surface area contributed by atoms with Crippen LogP contribution in [0, 0.1) is 0 Å². The molecular weight excluding hydrogens is 212 g/mol. The van der Waals surface area contributed by atoms with Crippen molar-refractivity contribution in [2.75, 3.05) is 14.2 Å². The lowest BCUT2D eigenvalue weighted by atomic mass is 10.6. The van der Waals surface area contributed by atoms with Gasteiger partial charge in [-0.15, -0.1) is 0 Å². The fourth-order valence-electron chi connectivity index (χ4n) is 0.795. The molecule has 0 aromatic heterocycles. The fourth-order valence-corrected chi connectivity index (χ4v) is 1.25. The predicted molar refractivity (Wildman–Crippen MR) is 46.7 cm³/mol. The van der Waals surface area contributed by atoms with E-state index in [0.29, 0.717) is 4.31 Å². The van der Waals surface area contributed by atoms with Crippen LogP contribution in [0.1, 0.15) is 0 Å². The number of ether oxygens (including phenoxy) is 2. The van der Waals surface area contributed by atoms with Gasteiger partial charge in [-0.3, -0.25) is 9.87 Å². The highest BCUT2D eigenvalue weighted by atomic mass is 32.2. The molecule has 7 nitrogen and oxygen atoms in total. The summed E-state index contributed by atoms with van der Waals surface area (Å²) in [6, 6.07) is 0. The standard InChI is InChI=1S/C6H10N2O5S/c1-12-5-3-8(14(9,10)11)4-6(7-5)13-2/h3-4,7H,1-2H3,(H,9,10,11). The molecule has 1 rings (SSSR count). The Kier molecular flexibility index (Phi) is 2.87. The van der Waals surface area contributed by atoms with Gasteiger partial charge in [0.05, 0.1) is 26.6 Å². The number of nitrogens with one attached hydrogen (secondary N) is 1. The summed E-state index contributed by atoms with van der Waals surface area (Å²) in [4.78, 5) is 0. The van der Waals surface area contributed by atoms with Gasteiger partial charge in [0.1, 0.15) is 0 Å². The van der Waals surface area contributed by atoms with Crippen molar-refractivity contribution in [3.63, 3.8) is 0 Å². The van der Waals surface area contributed by atoms with Gasteiger partial charge < -0.3 is 9.47 Å². The molecule has 0 saturated heterocycles. The molecule has 0 spiro atoms. The summed E-state index contributed by atoms with van der Waals surface area (Å²) < 4.78 is 40.4. The normalized spacial score (nSPS) is 16.6. The molecule has 1 heterocycles. The van der Waals surface area contributed by atoms with Crippen LogP contribution in [-0.2, 0) is 19.8 Å². The summed E-state index contributed by atoms with van der Waals surface area (Å²) in [6.07, 6.45) is 2.13. The van der Waals surface area contributed by atoms with Gasteiger partial charge in [-0.1, -0.05) is 0 Å². The van der Waals surface area contributed by atoms with Crippen LogP contribution in [0.5, 0.6) is 0 Å². The summed E-state index contributed by atoms with van der Waals surface area (Å²) in [5.41, 5.74) is 0. The predicted octanol–water partition coefficient (Wildman–Crippen LogP) is -0.415. The van der Waals surface area contributed by atoms with E-state index < -0.39 is 10.3 Å². The summed E-state index contributed by atoms with van der Waals surface area (Å²) in [5, 5.41) is 2.62. The maximum Gasteiger partial charge on any atom is 0.363 e. The molecule has 80 valence electrons.